The molecule has 0 bridgehead atoms. The number of anilines is 1. The number of carbonyl (C=O) groups is 2. The van der Waals surface area contributed by atoms with Crippen LogP contribution in [0.3, 0.4) is 0 Å². The minimum absolute atomic E-state index is 0.197. The quantitative estimate of drug-likeness (QED) is 0.858. The summed E-state index contributed by atoms with van der Waals surface area (Å²) in [5.74, 6) is 1.69. The number of allylic oxidation sites excluding steroid dienone is 1. The van der Waals surface area contributed by atoms with Gasteiger partial charge in [0.1, 0.15) is 16.4 Å². The lowest BCUT2D eigenvalue weighted by atomic mass is 10.2. The Labute approximate surface area is 149 Å². The molecule has 0 saturated carbocycles. The lowest BCUT2D eigenvalue weighted by molar-refractivity contribution is -0.112. The van der Waals surface area contributed by atoms with E-state index in [2.05, 4.69) is 10.6 Å². The zero-order chi connectivity index (χ0) is 17.6. The third-order valence-corrected chi connectivity index (χ3v) is 4.71. The van der Waals surface area contributed by atoms with E-state index in [1.165, 1.54) is 11.8 Å². The minimum atomic E-state index is -0.205. The normalized spacial score (nSPS) is 14.0. The van der Waals surface area contributed by atoms with Crippen LogP contribution in [0.15, 0.2) is 57.7 Å². The molecule has 0 aliphatic carbocycles. The summed E-state index contributed by atoms with van der Waals surface area (Å²) in [5.41, 5.74) is 1.13. The monoisotopic (exact) mass is 358 g/mol. The minimum Gasteiger partial charge on any atom is -0.496 e. The fraction of sp³-hybridized carbons (Fsp3) is 0.222. The van der Waals surface area contributed by atoms with E-state index >= 15 is 0 Å². The predicted molar refractivity (Wildman–Crippen MR) is 96.1 cm³/mol. The van der Waals surface area contributed by atoms with E-state index in [1.807, 2.05) is 0 Å². The summed E-state index contributed by atoms with van der Waals surface area (Å²) in [7, 11) is 0. The molecule has 2 aromatic rings. The largest absolute Gasteiger partial charge is 0.496 e. The van der Waals surface area contributed by atoms with Crippen molar-refractivity contribution >= 4 is 29.3 Å². The molecular formula is C18H18N2O4S. The Kier molecular flexibility index (Phi) is 5.45. The van der Waals surface area contributed by atoms with Crippen LogP contribution in [0.1, 0.15) is 23.0 Å². The molecule has 7 heteroatoms. The second-order valence-corrected chi connectivity index (χ2v) is 6.48. The molecule has 25 heavy (non-hydrogen) atoms. The summed E-state index contributed by atoms with van der Waals surface area (Å²) in [6.07, 6.45) is 1.56. The second-order valence-electron chi connectivity index (χ2n) is 5.38. The predicted octanol–water partition coefficient (Wildman–Crippen LogP) is 3.14. The van der Waals surface area contributed by atoms with Crippen molar-refractivity contribution < 1.29 is 18.7 Å². The Balaban J connectivity index is 1.58. The SMILES string of the molecule is CC1=C(C(=O)Nc2ccc(C(=O)NCc3ccco3)cc2)SCCO1. The van der Waals surface area contributed by atoms with Crippen molar-refractivity contribution in [2.24, 2.45) is 0 Å². The number of amides is 2. The zero-order valence-corrected chi connectivity index (χ0v) is 14.5. The number of carbonyl (C=O) groups excluding carboxylic acids is 2. The Hall–Kier alpha value is -2.67. The average Bonchev–Trinajstić information content (AvgIpc) is 3.14. The maximum absolute atomic E-state index is 12.3. The molecule has 3 rings (SSSR count). The van der Waals surface area contributed by atoms with Crippen molar-refractivity contribution in [1.29, 1.82) is 0 Å². The molecule has 1 aliphatic heterocycles. The molecule has 130 valence electrons. The second kappa shape index (κ2) is 7.94. The number of hydrogen-bond acceptors (Lipinski definition) is 5. The summed E-state index contributed by atoms with van der Waals surface area (Å²) < 4.78 is 10.6. The van der Waals surface area contributed by atoms with Gasteiger partial charge in [-0.05, 0) is 43.3 Å². The number of furan rings is 1. The summed E-state index contributed by atoms with van der Waals surface area (Å²) in [5, 5.41) is 5.59. The van der Waals surface area contributed by atoms with E-state index in [0.29, 0.717) is 40.8 Å². The van der Waals surface area contributed by atoms with Crippen LogP contribution in [-0.2, 0) is 16.1 Å². The van der Waals surface area contributed by atoms with Gasteiger partial charge in [0.05, 0.1) is 19.4 Å². The number of nitrogens with one attached hydrogen (secondary N) is 2. The summed E-state index contributed by atoms with van der Waals surface area (Å²) in [4.78, 5) is 25.0. The fourth-order valence-electron chi connectivity index (χ4n) is 2.31. The first-order valence-electron chi connectivity index (χ1n) is 7.82. The Morgan fingerprint density at radius 2 is 1.96 bits per heavy atom. The van der Waals surface area contributed by atoms with Crippen molar-refractivity contribution in [3.05, 3.63) is 64.6 Å². The van der Waals surface area contributed by atoms with E-state index in [9.17, 15) is 9.59 Å². The molecule has 0 radical (unpaired) electrons. The van der Waals surface area contributed by atoms with Gasteiger partial charge in [-0.1, -0.05) is 0 Å². The van der Waals surface area contributed by atoms with Gasteiger partial charge >= 0.3 is 0 Å². The molecular weight excluding hydrogens is 340 g/mol. The molecule has 0 unspecified atom stereocenters. The van der Waals surface area contributed by atoms with Crippen LogP contribution < -0.4 is 10.6 Å². The standard InChI is InChI=1S/C18H18N2O4S/c1-12-16(25-10-9-23-12)18(22)20-14-6-4-13(5-7-14)17(21)19-11-15-3-2-8-24-15/h2-8H,9-11H2,1H3,(H,19,21)(H,20,22). The topological polar surface area (TPSA) is 80.6 Å². The lowest BCUT2D eigenvalue weighted by Crippen LogP contribution is -2.22. The average molecular weight is 358 g/mol. The van der Waals surface area contributed by atoms with E-state index in [0.717, 1.165) is 5.75 Å². The van der Waals surface area contributed by atoms with Gasteiger partial charge < -0.3 is 19.8 Å². The van der Waals surface area contributed by atoms with E-state index in [1.54, 1.807) is 49.6 Å². The highest BCUT2D eigenvalue weighted by Gasteiger charge is 2.18. The summed E-state index contributed by atoms with van der Waals surface area (Å²) in [6, 6.07) is 10.3. The Bertz CT molecular complexity index is 782. The van der Waals surface area contributed by atoms with Crippen molar-refractivity contribution in [1.82, 2.24) is 5.32 Å². The highest BCUT2D eigenvalue weighted by molar-refractivity contribution is 8.04. The van der Waals surface area contributed by atoms with Gasteiger partial charge in [-0.3, -0.25) is 9.59 Å². The molecule has 2 N–H and O–H groups in total. The van der Waals surface area contributed by atoms with Gasteiger partial charge in [-0.15, -0.1) is 11.8 Å². The zero-order valence-electron chi connectivity index (χ0n) is 13.7. The first-order chi connectivity index (χ1) is 12.1. The van der Waals surface area contributed by atoms with Gasteiger partial charge in [0.2, 0.25) is 0 Å². The molecule has 6 nitrogen and oxygen atoms in total. The molecule has 0 saturated heterocycles. The third-order valence-electron chi connectivity index (χ3n) is 3.58. The molecule has 0 fully saturated rings. The number of rotatable bonds is 5. The summed E-state index contributed by atoms with van der Waals surface area (Å²) >= 11 is 1.48. The first-order valence-corrected chi connectivity index (χ1v) is 8.80. The first kappa shape index (κ1) is 17.2. The van der Waals surface area contributed by atoms with Crippen LogP contribution >= 0.6 is 11.8 Å². The maximum atomic E-state index is 12.3. The van der Waals surface area contributed by atoms with Gasteiger partial charge in [0.15, 0.2) is 0 Å². The van der Waals surface area contributed by atoms with Crippen LogP contribution in [0.5, 0.6) is 0 Å². The van der Waals surface area contributed by atoms with Crippen molar-refractivity contribution in [2.45, 2.75) is 13.5 Å². The Morgan fingerprint density at radius 3 is 2.64 bits per heavy atom. The van der Waals surface area contributed by atoms with Crippen LogP contribution in [0.4, 0.5) is 5.69 Å². The molecule has 2 heterocycles. The van der Waals surface area contributed by atoms with E-state index in [4.69, 9.17) is 9.15 Å². The van der Waals surface area contributed by atoms with E-state index < -0.39 is 0 Å². The maximum Gasteiger partial charge on any atom is 0.265 e. The van der Waals surface area contributed by atoms with Crippen molar-refractivity contribution in [2.75, 3.05) is 17.7 Å². The number of ether oxygens (including phenoxy) is 1. The van der Waals surface area contributed by atoms with Crippen LogP contribution in [0.2, 0.25) is 0 Å². The molecule has 0 atom stereocenters. The van der Waals surface area contributed by atoms with Crippen molar-refractivity contribution in [3.63, 3.8) is 0 Å². The van der Waals surface area contributed by atoms with Crippen LogP contribution in [0, 0.1) is 0 Å². The lowest BCUT2D eigenvalue weighted by Gasteiger charge is -2.17. The Morgan fingerprint density at radius 1 is 1.16 bits per heavy atom. The van der Waals surface area contributed by atoms with Gasteiger partial charge in [0.25, 0.3) is 11.8 Å². The number of thioether (sulfide) groups is 1. The third kappa shape index (κ3) is 4.45. The van der Waals surface area contributed by atoms with E-state index in [-0.39, 0.29) is 11.8 Å². The van der Waals surface area contributed by atoms with Gasteiger partial charge in [0, 0.05) is 17.0 Å². The molecule has 2 amide bonds. The molecule has 1 aromatic heterocycles. The van der Waals surface area contributed by atoms with Gasteiger partial charge in [-0.25, -0.2) is 0 Å². The van der Waals surface area contributed by atoms with Gasteiger partial charge in [-0.2, -0.15) is 0 Å². The fourth-order valence-corrected chi connectivity index (χ4v) is 3.12. The van der Waals surface area contributed by atoms with Crippen LogP contribution in [-0.4, -0.2) is 24.2 Å². The van der Waals surface area contributed by atoms with Crippen molar-refractivity contribution in [3.8, 4) is 0 Å². The number of hydrogen-bond donors (Lipinski definition) is 2. The molecule has 1 aliphatic rings. The number of benzene rings is 1. The summed E-state index contributed by atoms with van der Waals surface area (Å²) in [6.45, 7) is 2.73. The molecule has 0 spiro atoms. The molecule has 1 aromatic carbocycles. The highest BCUT2D eigenvalue weighted by atomic mass is 32.2. The van der Waals surface area contributed by atoms with Crippen LogP contribution in [0.25, 0.3) is 0 Å². The highest BCUT2D eigenvalue weighted by Crippen LogP contribution is 2.26. The smallest absolute Gasteiger partial charge is 0.265 e.